The maximum absolute atomic E-state index is 12.4. The largest absolute Gasteiger partial charge is 0.450 e. The van der Waals surface area contributed by atoms with Gasteiger partial charge in [-0.3, -0.25) is 10.1 Å². The van der Waals surface area contributed by atoms with E-state index >= 15 is 0 Å². The Kier molecular flexibility index (Phi) is 7.54. The first kappa shape index (κ1) is 23.7. The van der Waals surface area contributed by atoms with Crippen LogP contribution in [0.4, 0.5) is 5.69 Å². The van der Waals surface area contributed by atoms with Crippen molar-refractivity contribution in [3.63, 3.8) is 0 Å². The van der Waals surface area contributed by atoms with Gasteiger partial charge in [0.1, 0.15) is 5.75 Å². The minimum atomic E-state index is -0.793. The van der Waals surface area contributed by atoms with E-state index in [-0.39, 0.29) is 22.3 Å². The zero-order chi connectivity index (χ0) is 24.6. The van der Waals surface area contributed by atoms with Crippen molar-refractivity contribution >= 4 is 28.5 Å². The zero-order valence-corrected chi connectivity index (χ0v) is 19.2. The molecule has 0 radical (unpaired) electrons. The molecule has 35 heavy (non-hydrogen) atoms. The summed E-state index contributed by atoms with van der Waals surface area (Å²) in [5.74, 6) is -1.33. The molecule has 4 aromatic carbocycles. The molecule has 4 rings (SSSR count). The van der Waals surface area contributed by atoms with Crippen LogP contribution < -0.4 is 4.74 Å². The van der Waals surface area contributed by atoms with E-state index in [4.69, 9.17) is 9.47 Å². The van der Waals surface area contributed by atoms with Crippen LogP contribution in [-0.2, 0) is 20.4 Å². The molecule has 0 atom stereocenters. The van der Waals surface area contributed by atoms with E-state index in [1.54, 1.807) is 12.1 Å². The Morgan fingerprint density at radius 1 is 0.714 bits per heavy atom. The van der Waals surface area contributed by atoms with Gasteiger partial charge in [-0.1, -0.05) is 36.4 Å². The highest BCUT2D eigenvalue weighted by molar-refractivity contribution is 7.97. The molecule has 0 saturated heterocycles. The number of carbonyl (C=O) groups is 2. The highest BCUT2D eigenvalue weighted by Gasteiger charge is 2.28. The van der Waals surface area contributed by atoms with Crippen molar-refractivity contribution in [1.29, 1.82) is 0 Å². The molecule has 0 N–H and O–H groups in total. The van der Waals surface area contributed by atoms with Gasteiger partial charge in [0.2, 0.25) is 0 Å². The molecule has 0 heterocycles. The van der Waals surface area contributed by atoms with Gasteiger partial charge >= 0.3 is 11.9 Å². The fraction of sp³-hybridized carbons (Fsp3) is 0.0370. The summed E-state index contributed by atoms with van der Waals surface area (Å²) >= 11 is 0. The first-order valence-electron chi connectivity index (χ1n) is 10.6. The van der Waals surface area contributed by atoms with Crippen LogP contribution >= 0.6 is 0 Å². The molecule has 7 nitrogen and oxygen atoms in total. The van der Waals surface area contributed by atoms with Gasteiger partial charge in [-0.2, -0.15) is 0 Å². The second-order valence-electron chi connectivity index (χ2n) is 7.26. The summed E-state index contributed by atoms with van der Waals surface area (Å²) in [4.78, 5) is 37.9. The summed E-state index contributed by atoms with van der Waals surface area (Å²) in [5.41, 5.74) is 0.184. The fourth-order valence-electron chi connectivity index (χ4n) is 3.25. The molecule has 0 aliphatic heterocycles. The summed E-state index contributed by atoms with van der Waals surface area (Å²) in [5, 5.41) is 10.7. The smallest absolute Gasteiger partial charge is 0.349 e. The highest BCUT2D eigenvalue weighted by atomic mass is 32.2. The van der Waals surface area contributed by atoms with E-state index < -0.39 is 23.5 Å². The number of rotatable bonds is 8. The number of ether oxygens (including phenoxy) is 2. The number of esters is 2. The van der Waals surface area contributed by atoms with Gasteiger partial charge in [-0.25, -0.2) is 9.59 Å². The van der Waals surface area contributed by atoms with Gasteiger partial charge in [0.15, 0.2) is 21.3 Å². The lowest BCUT2D eigenvalue weighted by Crippen LogP contribution is -2.19. The predicted octanol–water partition coefficient (Wildman–Crippen LogP) is 5.45. The summed E-state index contributed by atoms with van der Waals surface area (Å²) < 4.78 is 10.1. The van der Waals surface area contributed by atoms with Crippen molar-refractivity contribution < 1.29 is 24.0 Å². The lowest BCUT2D eigenvalue weighted by Gasteiger charge is -2.09. The molecule has 8 heteroatoms. The number of non-ortho nitro benzene ring substituents is 1. The lowest BCUT2D eigenvalue weighted by molar-refractivity contribution is -0.384. The first-order chi connectivity index (χ1) is 17.0. The van der Waals surface area contributed by atoms with Crippen molar-refractivity contribution in [3.8, 4) is 5.75 Å². The van der Waals surface area contributed by atoms with Crippen molar-refractivity contribution in [2.75, 3.05) is 6.61 Å². The van der Waals surface area contributed by atoms with E-state index in [0.29, 0.717) is 5.56 Å². The van der Waals surface area contributed by atoms with Gasteiger partial charge in [0.05, 0.1) is 21.4 Å². The molecule has 0 bridgehead atoms. The van der Waals surface area contributed by atoms with Gasteiger partial charge in [0.25, 0.3) is 5.69 Å². The number of nitro groups is 1. The highest BCUT2D eigenvalue weighted by Crippen LogP contribution is 2.31. The second-order valence-corrected chi connectivity index (χ2v) is 9.28. The molecule has 0 unspecified atom stereocenters. The molecule has 0 spiro atoms. The predicted molar refractivity (Wildman–Crippen MR) is 131 cm³/mol. The lowest BCUT2D eigenvalue weighted by atomic mass is 10.2. The van der Waals surface area contributed by atoms with Crippen LogP contribution in [0.2, 0.25) is 0 Å². The third-order valence-corrected chi connectivity index (χ3v) is 7.11. The molecule has 4 aromatic rings. The van der Waals surface area contributed by atoms with E-state index in [1.807, 2.05) is 48.5 Å². The number of carbonyl (C=O) groups excluding carboxylic acids is 2. The average Bonchev–Trinajstić information content (AvgIpc) is 2.89. The van der Waals surface area contributed by atoms with Crippen LogP contribution in [0.5, 0.6) is 5.75 Å². The zero-order valence-electron chi connectivity index (χ0n) is 18.4. The van der Waals surface area contributed by atoms with E-state index in [2.05, 4.69) is 24.3 Å². The Morgan fingerprint density at radius 2 is 1.23 bits per heavy atom. The summed E-state index contributed by atoms with van der Waals surface area (Å²) in [6.45, 7) is -0.587. The van der Waals surface area contributed by atoms with Gasteiger partial charge in [-0.15, -0.1) is 0 Å². The van der Waals surface area contributed by atoms with Crippen LogP contribution in [0.3, 0.4) is 0 Å². The molecular weight excluding hydrogens is 466 g/mol. The SMILES string of the molecule is O=C(COC(=O)c1ccc([S+](c2ccccc2)c2ccccc2)cc1)Oc1ccc([N+](=O)[O-])cc1. The van der Waals surface area contributed by atoms with Gasteiger partial charge in [-0.05, 0) is 60.7 Å². The Hall–Kier alpha value is -4.43. The standard InChI is InChI=1S/C27H20NO6S/c29-26(34-22-15-13-21(14-16-22)28(31)32)19-33-27(30)20-11-17-25(18-12-20)35(23-7-3-1-4-8-23)24-9-5-2-6-10-24/h1-18H,19H2/q+1. The molecule has 0 aliphatic carbocycles. The van der Waals surface area contributed by atoms with Crippen LogP contribution in [0.25, 0.3) is 0 Å². The Bertz CT molecular complexity index is 1270. The van der Waals surface area contributed by atoms with Crippen LogP contribution in [0, 0.1) is 10.1 Å². The van der Waals surface area contributed by atoms with Crippen LogP contribution in [-0.4, -0.2) is 23.5 Å². The van der Waals surface area contributed by atoms with Crippen molar-refractivity contribution in [3.05, 3.63) is 125 Å². The van der Waals surface area contributed by atoms with Gasteiger partial charge in [0, 0.05) is 12.1 Å². The van der Waals surface area contributed by atoms with E-state index in [9.17, 15) is 19.7 Å². The minimum Gasteiger partial charge on any atom is -0.450 e. The molecule has 0 saturated carbocycles. The van der Waals surface area contributed by atoms with Crippen LogP contribution in [0.1, 0.15) is 10.4 Å². The monoisotopic (exact) mass is 486 g/mol. The molecule has 0 aliphatic rings. The third kappa shape index (κ3) is 6.13. The summed E-state index contributed by atoms with van der Waals surface area (Å²) in [7, 11) is -0.343. The Labute approximate surface area is 204 Å². The number of hydrogen-bond donors (Lipinski definition) is 0. The van der Waals surface area contributed by atoms with Crippen LogP contribution in [0.15, 0.2) is 124 Å². The molecule has 0 aromatic heterocycles. The maximum Gasteiger partial charge on any atom is 0.349 e. The van der Waals surface area contributed by atoms with E-state index in [1.165, 1.54) is 24.3 Å². The fourth-order valence-corrected chi connectivity index (χ4v) is 5.34. The summed E-state index contributed by atoms with van der Waals surface area (Å²) in [6, 6.07) is 32.4. The van der Waals surface area contributed by atoms with E-state index in [0.717, 1.165) is 14.7 Å². The first-order valence-corrected chi connectivity index (χ1v) is 11.8. The van der Waals surface area contributed by atoms with Crippen molar-refractivity contribution in [1.82, 2.24) is 0 Å². The normalized spacial score (nSPS) is 10.5. The second kappa shape index (κ2) is 11.1. The molecule has 0 fully saturated rings. The molecule has 0 amide bonds. The number of nitro benzene ring substituents is 1. The number of hydrogen-bond acceptors (Lipinski definition) is 6. The number of benzene rings is 4. The van der Waals surface area contributed by atoms with Gasteiger partial charge < -0.3 is 9.47 Å². The molecule has 174 valence electrons. The minimum absolute atomic E-state index is 0.120. The quantitative estimate of drug-likeness (QED) is 0.108. The molecular formula is C27H20NO6S+. The van der Waals surface area contributed by atoms with Crippen molar-refractivity contribution in [2.24, 2.45) is 0 Å². The summed E-state index contributed by atoms with van der Waals surface area (Å²) in [6.07, 6.45) is 0. The Morgan fingerprint density at radius 3 is 1.74 bits per heavy atom. The topological polar surface area (TPSA) is 95.7 Å². The number of nitrogens with zero attached hydrogens (tertiary/aromatic N) is 1. The van der Waals surface area contributed by atoms with Crippen molar-refractivity contribution in [2.45, 2.75) is 14.7 Å². The third-order valence-electron chi connectivity index (χ3n) is 4.88. The average molecular weight is 487 g/mol. The Balaban J connectivity index is 1.40. The maximum atomic E-state index is 12.4.